The van der Waals surface area contributed by atoms with Crippen molar-refractivity contribution in [1.29, 1.82) is 0 Å². The van der Waals surface area contributed by atoms with E-state index in [9.17, 15) is 14.3 Å². The molecule has 0 saturated carbocycles. The zero-order valence-electron chi connectivity index (χ0n) is 34.5. The van der Waals surface area contributed by atoms with Gasteiger partial charge in [0.1, 0.15) is 30.5 Å². The highest BCUT2D eigenvalue weighted by atomic mass is 35.5. The molecule has 7 rings (SSSR count). The minimum atomic E-state index is -1.45. The Balaban J connectivity index is 1.18. The minimum absolute atomic E-state index is 0.0208. The van der Waals surface area contributed by atoms with Crippen molar-refractivity contribution in [2.75, 3.05) is 53.5 Å². The standard InChI is InChI=1S/C46H45ClFN7O6S/c1-6-29(35(7-2)60-27-33-14-16-50-44(52-33)31-13-15-49-39(25-31)58-5)24-37(46(56)57)61-45-41-38(62-53-45)26-51-43(30-9-8-10-32(48)23-30)40(41)34-11-12-36(42(47)28(34)3)59-22-21-55-19-17-54(4)18-20-55/h6-16,23,25-26,37H,1-2,17-22,24,27H2,3-5H3,(H,56,57)/b35-29-. The summed E-state index contributed by atoms with van der Waals surface area (Å²) in [6.45, 7) is 14.9. The van der Waals surface area contributed by atoms with E-state index in [1.807, 2.05) is 13.0 Å². The van der Waals surface area contributed by atoms with Crippen LogP contribution in [0, 0.1) is 12.7 Å². The van der Waals surface area contributed by atoms with Gasteiger partial charge in [0.05, 0.1) is 33.6 Å². The molecule has 320 valence electrons. The van der Waals surface area contributed by atoms with Crippen LogP contribution in [0.5, 0.6) is 17.5 Å². The number of pyridine rings is 2. The molecule has 1 aliphatic rings. The molecule has 1 N–H and O–H groups in total. The van der Waals surface area contributed by atoms with Crippen LogP contribution >= 0.6 is 23.1 Å². The van der Waals surface area contributed by atoms with Gasteiger partial charge >= 0.3 is 5.97 Å². The van der Waals surface area contributed by atoms with E-state index < -0.39 is 17.9 Å². The minimum Gasteiger partial charge on any atom is -0.491 e. The molecule has 62 heavy (non-hydrogen) atoms. The van der Waals surface area contributed by atoms with Gasteiger partial charge in [-0.25, -0.2) is 24.1 Å². The van der Waals surface area contributed by atoms with E-state index >= 15 is 0 Å². The Morgan fingerprint density at radius 1 is 1.03 bits per heavy atom. The predicted molar refractivity (Wildman–Crippen MR) is 238 cm³/mol. The van der Waals surface area contributed by atoms with Gasteiger partial charge in [-0.3, -0.25) is 9.88 Å². The van der Waals surface area contributed by atoms with Gasteiger partial charge in [-0.15, -0.1) is 0 Å². The lowest BCUT2D eigenvalue weighted by molar-refractivity contribution is -0.145. The molecule has 0 bridgehead atoms. The van der Waals surface area contributed by atoms with Crippen molar-refractivity contribution in [2.24, 2.45) is 0 Å². The lowest BCUT2D eigenvalue weighted by Crippen LogP contribution is -2.45. The van der Waals surface area contributed by atoms with Gasteiger partial charge in [0.2, 0.25) is 17.9 Å². The summed E-state index contributed by atoms with van der Waals surface area (Å²) in [6, 6.07) is 15.0. The normalized spacial score (nSPS) is 14.2. The molecule has 6 aromatic rings. The van der Waals surface area contributed by atoms with Gasteiger partial charge in [-0.05, 0) is 78.6 Å². The monoisotopic (exact) mass is 877 g/mol. The second-order valence-electron chi connectivity index (χ2n) is 14.5. The average Bonchev–Trinajstić information content (AvgIpc) is 3.70. The van der Waals surface area contributed by atoms with Crippen molar-refractivity contribution in [3.63, 3.8) is 0 Å². The fourth-order valence-electron chi connectivity index (χ4n) is 7.02. The highest BCUT2D eigenvalue weighted by molar-refractivity contribution is 7.13. The fourth-order valence-corrected chi connectivity index (χ4v) is 7.93. The number of hydrogen-bond donors (Lipinski definition) is 1. The summed E-state index contributed by atoms with van der Waals surface area (Å²) in [5, 5.41) is 11.5. The number of carboxylic acid groups (broad SMARTS) is 1. The van der Waals surface area contributed by atoms with Crippen molar-refractivity contribution in [2.45, 2.75) is 26.1 Å². The second-order valence-corrected chi connectivity index (χ2v) is 15.6. The third kappa shape index (κ3) is 10.1. The van der Waals surface area contributed by atoms with Crippen molar-refractivity contribution in [3.05, 3.63) is 132 Å². The first-order valence-electron chi connectivity index (χ1n) is 19.8. The third-order valence-electron chi connectivity index (χ3n) is 10.4. The first-order chi connectivity index (χ1) is 30.1. The fraction of sp³-hybridized carbons (Fsp3) is 0.261. The number of carbonyl (C=O) groups is 1. The van der Waals surface area contributed by atoms with E-state index in [1.54, 1.807) is 55.0 Å². The number of fused-ring (bicyclic) bond motifs is 1. The van der Waals surface area contributed by atoms with E-state index in [0.717, 1.165) is 44.3 Å². The van der Waals surface area contributed by atoms with E-state index in [2.05, 4.69) is 49.3 Å². The summed E-state index contributed by atoms with van der Waals surface area (Å²) < 4.78 is 43.8. The van der Waals surface area contributed by atoms with Gasteiger partial charge in [-0.2, -0.15) is 4.37 Å². The molecule has 1 fully saturated rings. The molecular weight excluding hydrogens is 833 g/mol. The first-order valence-corrected chi connectivity index (χ1v) is 20.9. The Morgan fingerprint density at radius 2 is 1.84 bits per heavy atom. The Labute approximate surface area is 367 Å². The summed E-state index contributed by atoms with van der Waals surface area (Å²) in [5.74, 6) is 0.0489. The molecule has 1 aliphatic heterocycles. The summed E-state index contributed by atoms with van der Waals surface area (Å²) in [5.41, 5.74) is 4.52. The predicted octanol–water partition coefficient (Wildman–Crippen LogP) is 8.68. The number of carboxylic acids is 1. The van der Waals surface area contributed by atoms with Crippen molar-refractivity contribution >= 4 is 39.2 Å². The maximum atomic E-state index is 14.8. The molecule has 0 aliphatic carbocycles. The molecule has 0 radical (unpaired) electrons. The number of allylic oxidation sites excluding steroid dienone is 2. The van der Waals surface area contributed by atoms with E-state index in [1.165, 1.54) is 31.4 Å². The van der Waals surface area contributed by atoms with E-state index in [0.29, 0.717) is 83.9 Å². The van der Waals surface area contributed by atoms with Crippen LogP contribution in [0.15, 0.2) is 110 Å². The van der Waals surface area contributed by atoms with Crippen LogP contribution in [0.25, 0.3) is 43.9 Å². The van der Waals surface area contributed by atoms with Crippen LogP contribution in [0.1, 0.15) is 17.7 Å². The number of aliphatic carboxylic acids is 1. The third-order valence-corrected chi connectivity index (χ3v) is 11.7. The smallest absolute Gasteiger partial charge is 0.345 e. The summed E-state index contributed by atoms with van der Waals surface area (Å²) in [4.78, 5) is 35.5. The molecule has 4 aromatic heterocycles. The van der Waals surface area contributed by atoms with E-state index in [-0.39, 0.29) is 24.7 Å². The molecule has 5 heterocycles. The SMILES string of the molecule is C=C/C(CC(Oc1nsc2cnc(-c3cccc(F)c3)c(-c3ccc(OCCN4CCN(C)CC4)c(Cl)c3C)c12)C(=O)O)=C(\C=C)OCc1ccnc(-c2ccnc(OC)c2)n1. The number of piperazine rings is 1. The highest BCUT2D eigenvalue weighted by Crippen LogP contribution is 2.46. The Morgan fingerprint density at radius 3 is 2.58 bits per heavy atom. The molecule has 16 heteroatoms. The van der Waals surface area contributed by atoms with Gasteiger partial charge < -0.3 is 29.0 Å². The Kier molecular flexibility index (Phi) is 14.2. The largest absolute Gasteiger partial charge is 0.491 e. The Bertz CT molecular complexity index is 2630. The van der Waals surface area contributed by atoms with Crippen LogP contribution in [-0.4, -0.2) is 105 Å². The molecule has 1 atom stereocenters. The number of nitrogens with zero attached hydrogens (tertiary/aromatic N) is 7. The first kappa shape index (κ1) is 43.8. The lowest BCUT2D eigenvalue weighted by Gasteiger charge is -2.32. The molecule has 0 amide bonds. The topological polar surface area (TPSA) is 145 Å². The molecular formula is C46H45ClFN7O6S. The van der Waals surface area contributed by atoms with Gasteiger partial charge in [0, 0.05) is 80.5 Å². The van der Waals surface area contributed by atoms with Crippen molar-refractivity contribution in [1.82, 2.24) is 34.1 Å². The molecule has 1 saturated heterocycles. The number of aromatic nitrogens is 5. The maximum Gasteiger partial charge on any atom is 0.345 e. The van der Waals surface area contributed by atoms with Crippen LogP contribution in [-0.2, 0) is 16.1 Å². The zero-order chi connectivity index (χ0) is 43.8. The van der Waals surface area contributed by atoms with Crippen molar-refractivity contribution < 1.29 is 33.2 Å². The average molecular weight is 878 g/mol. The lowest BCUT2D eigenvalue weighted by atomic mass is 9.93. The summed E-state index contributed by atoms with van der Waals surface area (Å²) in [6.07, 6.45) is 6.21. The zero-order valence-corrected chi connectivity index (χ0v) is 36.1. The molecule has 13 nitrogen and oxygen atoms in total. The number of rotatable bonds is 18. The van der Waals surface area contributed by atoms with Gasteiger partial charge in [-0.1, -0.05) is 49.0 Å². The highest BCUT2D eigenvalue weighted by Gasteiger charge is 2.28. The van der Waals surface area contributed by atoms with Crippen molar-refractivity contribution in [3.8, 4) is 51.3 Å². The van der Waals surface area contributed by atoms with Gasteiger partial charge in [0.25, 0.3) is 0 Å². The summed E-state index contributed by atoms with van der Waals surface area (Å²) in [7, 11) is 3.65. The van der Waals surface area contributed by atoms with Crippen LogP contribution < -0.4 is 14.2 Å². The number of benzene rings is 2. The second kappa shape index (κ2) is 20.1. The number of likely N-dealkylation sites (N-methyl/N-ethyl adjacent to an activating group) is 1. The van der Waals surface area contributed by atoms with E-state index in [4.69, 9.17) is 35.5 Å². The van der Waals surface area contributed by atoms with Crippen LogP contribution in [0.3, 0.4) is 0 Å². The molecule has 1 unspecified atom stereocenters. The number of hydrogen-bond acceptors (Lipinski definition) is 13. The van der Waals surface area contributed by atoms with Crippen LogP contribution in [0.2, 0.25) is 5.02 Å². The number of halogens is 2. The van der Waals surface area contributed by atoms with Gasteiger partial charge in [0.15, 0.2) is 5.82 Å². The molecule has 0 spiro atoms. The quantitative estimate of drug-likeness (QED) is 0.0650. The summed E-state index contributed by atoms with van der Waals surface area (Å²) >= 11 is 8.13. The number of methoxy groups -OCH3 is 1. The number of ether oxygens (including phenoxy) is 4. The maximum absolute atomic E-state index is 14.8. The van der Waals surface area contributed by atoms with Crippen LogP contribution in [0.4, 0.5) is 4.39 Å². The molecule has 2 aromatic carbocycles. The Hall–Kier alpha value is -6.26.